The molecule has 0 aliphatic carbocycles. The largest absolute Gasteiger partial charge is 0.309 e. The summed E-state index contributed by atoms with van der Waals surface area (Å²) in [6.07, 6.45) is 0. The van der Waals surface area contributed by atoms with Gasteiger partial charge in [0.1, 0.15) is 0 Å². The predicted molar refractivity (Wildman–Crippen MR) is 230 cm³/mol. The van der Waals surface area contributed by atoms with Crippen molar-refractivity contribution in [3.05, 3.63) is 199 Å². The van der Waals surface area contributed by atoms with Crippen LogP contribution in [0.4, 0.5) is 0 Å². The fourth-order valence-corrected chi connectivity index (χ4v) is 6.14. The third-order valence-electron chi connectivity index (χ3n) is 8.48. The molecule has 0 unspecified atom stereocenters. The minimum atomic E-state index is -1.12. The highest BCUT2D eigenvalue weighted by atomic mass is 15.2. The summed E-state index contributed by atoms with van der Waals surface area (Å²) < 4.78 is 297. The molecule has 0 saturated heterocycles. The second kappa shape index (κ2) is 13.0. The number of hydrogen-bond donors (Lipinski definition) is 0. The third-order valence-corrected chi connectivity index (χ3v) is 8.48. The zero-order valence-corrected chi connectivity index (χ0v) is 27.7. The van der Waals surface area contributed by atoms with Crippen molar-refractivity contribution in [2.45, 2.75) is 0 Å². The topological polar surface area (TPSA) is 48.5 Å². The van der Waals surface area contributed by atoms with Gasteiger partial charge in [-0.15, -0.1) is 0 Å². The zero-order chi connectivity index (χ0) is 65.7. The van der Waals surface area contributed by atoms with Crippen LogP contribution in [0.5, 0.6) is 0 Å². The normalized spacial score (nSPS) is 19.8. The molecule has 3 heterocycles. The molecule has 3 aromatic heterocycles. The van der Waals surface area contributed by atoms with Gasteiger partial charge in [-0.05, 0) is 52.5 Å². The molecule has 11 aromatic rings. The summed E-state index contributed by atoms with van der Waals surface area (Å²) >= 11 is 0. The van der Waals surface area contributed by atoms with Crippen LogP contribution >= 0.6 is 0 Å². The number of rotatable bonds is 6. The van der Waals surface area contributed by atoms with Crippen LogP contribution in [0.2, 0.25) is 0 Å². The number of para-hydroxylation sites is 2. The summed E-state index contributed by atoms with van der Waals surface area (Å²) in [6, 6.07) is -32.7. The Morgan fingerprint density at radius 1 is 0.321 bits per heavy atom. The number of benzene rings is 8. The molecule has 0 amide bonds. The summed E-state index contributed by atoms with van der Waals surface area (Å²) in [5.74, 6) is -2.97. The number of nitrogens with zero attached hydrogens (tertiary/aromatic N) is 5. The first-order chi connectivity index (χ1) is 41.5. The first kappa shape index (κ1) is 13.0. The molecule has 262 valence electrons. The van der Waals surface area contributed by atoms with E-state index < -0.39 is 300 Å². The summed E-state index contributed by atoms with van der Waals surface area (Å²) in [7, 11) is 0. The van der Waals surface area contributed by atoms with Crippen LogP contribution in [0.1, 0.15) is 45.2 Å². The Morgan fingerprint density at radius 2 is 0.768 bits per heavy atom. The lowest BCUT2D eigenvalue weighted by atomic mass is 10.0. The second-order valence-corrected chi connectivity index (χ2v) is 11.6. The molecule has 0 atom stereocenters. The van der Waals surface area contributed by atoms with Crippen LogP contribution in [0.15, 0.2) is 199 Å². The molecule has 56 heavy (non-hydrogen) atoms. The van der Waals surface area contributed by atoms with Crippen molar-refractivity contribution in [3.63, 3.8) is 0 Å². The summed E-state index contributed by atoms with van der Waals surface area (Å²) in [5.41, 5.74) is -8.84. The van der Waals surface area contributed by atoms with Crippen molar-refractivity contribution in [1.82, 2.24) is 24.1 Å². The van der Waals surface area contributed by atoms with Crippen LogP contribution in [-0.2, 0) is 0 Å². The number of hydrogen-bond acceptors (Lipinski definition) is 3. The Balaban J connectivity index is 1.40. The lowest BCUT2D eigenvalue weighted by molar-refractivity contribution is 0.955. The fraction of sp³-hybridized carbons (Fsp3) is 0. The number of aromatic nitrogens is 5. The van der Waals surface area contributed by atoms with Crippen LogP contribution < -0.4 is 0 Å². The van der Waals surface area contributed by atoms with E-state index in [1.807, 2.05) is 0 Å². The lowest BCUT2D eigenvalue weighted by Gasteiger charge is -2.12. The van der Waals surface area contributed by atoms with E-state index in [-0.39, 0.29) is 0 Å². The SMILES string of the molecule is [2H]c1c([2H])c([2H])c(-c2nc(-c3c([2H])c([2H])c(-c4c([2H])c([2H])c([2H])c([2H])c4[2H])c([2H])c3[2H])nc(-n3c4c([2H])c([2H])c([2H])c([2H])c4c4c([2H])c([2H])c5c(c6c([2H])c([2H])c([2H])c([2H])c6n5-c5c([2H])c([2H])c(-c6c([2H])c([2H])c([2H])c([2H])c6[2H])c([2H])c5[2H])c43)n2)c([2H])c1[2H]. The molecular weight excluding hydrogens is 683 g/mol. The van der Waals surface area contributed by atoms with Crippen molar-refractivity contribution >= 4 is 43.6 Å². The van der Waals surface area contributed by atoms with Crippen molar-refractivity contribution in [2.75, 3.05) is 0 Å². The Hall–Kier alpha value is -7.63. The van der Waals surface area contributed by atoms with Gasteiger partial charge >= 0.3 is 0 Å². The highest BCUT2D eigenvalue weighted by Gasteiger charge is 2.23. The van der Waals surface area contributed by atoms with E-state index in [2.05, 4.69) is 15.0 Å². The first-order valence-electron chi connectivity index (χ1n) is 32.7. The first-order valence-corrected chi connectivity index (χ1v) is 16.2. The van der Waals surface area contributed by atoms with Gasteiger partial charge < -0.3 is 4.57 Å². The molecule has 0 aliphatic rings. The molecule has 0 N–H and O–H groups in total. The van der Waals surface area contributed by atoms with Gasteiger partial charge in [0.15, 0.2) is 11.6 Å². The zero-order valence-electron chi connectivity index (χ0n) is 60.7. The maximum atomic E-state index is 9.82. The Bertz CT molecular complexity index is 5040. The summed E-state index contributed by atoms with van der Waals surface area (Å²) in [5, 5.41) is -2.62. The fourth-order valence-electron chi connectivity index (χ4n) is 6.14. The number of fused-ring (bicyclic) bond motifs is 7. The molecule has 0 radical (unpaired) electrons. The van der Waals surface area contributed by atoms with E-state index in [0.717, 1.165) is 4.57 Å². The minimum absolute atomic E-state index is 0.640. The van der Waals surface area contributed by atoms with Gasteiger partial charge in [0, 0.05) is 38.4 Å². The van der Waals surface area contributed by atoms with Gasteiger partial charge in [0.05, 0.1) is 67.3 Å². The molecule has 0 fully saturated rings. The highest BCUT2D eigenvalue weighted by Crippen LogP contribution is 2.42. The van der Waals surface area contributed by atoms with E-state index in [1.54, 1.807) is 0 Å². The van der Waals surface area contributed by atoms with Gasteiger partial charge in [-0.25, -0.2) is 4.98 Å². The molecule has 0 bridgehead atoms. The molecule has 8 aromatic carbocycles. The van der Waals surface area contributed by atoms with Crippen LogP contribution in [0, 0.1) is 0 Å². The van der Waals surface area contributed by atoms with E-state index in [4.69, 9.17) is 26.0 Å². The van der Waals surface area contributed by atoms with Gasteiger partial charge in [-0.1, -0.05) is 169 Å². The van der Waals surface area contributed by atoms with E-state index in [0.29, 0.717) is 4.57 Å². The molecule has 11 rings (SSSR count). The minimum Gasteiger partial charge on any atom is -0.309 e. The Kier molecular flexibility index (Phi) is 3.03. The maximum absolute atomic E-state index is 9.82. The van der Waals surface area contributed by atoms with Crippen molar-refractivity contribution < 1.29 is 45.2 Å². The Labute approximate surface area is 369 Å². The van der Waals surface area contributed by atoms with Gasteiger partial charge in [0.25, 0.3) is 0 Å². The van der Waals surface area contributed by atoms with Crippen LogP contribution in [0.25, 0.3) is 100 Å². The smallest absolute Gasteiger partial charge is 0.238 e. The lowest BCUT2D eigenvalue weighted by Crippen LogP contribution is -2.06. The predicted octanol–water partition coefficient (Wildman–Crippen LogP) is 12.7. The Morgan fingerprint density at radius 3 is 1.38 bits per heavy atom. The molecule has 5 nitrogen and oxygen atoms in total. The van der Waals surface area contributed by atoms with Crippen molar-refractivity contribution in [1.29, 1.82) is 0 Å². The van der Waals surface area contributed by atoms with Gasteiger partial charge in [-0.2, -0.15) is 9.97 Å². The van der Waals surface area contributed by atoms with Gasteiger partial charge in [0.2, 0.25) is 5.95 Å². The van der Waals surface area contributed by atoms with Crippen LogP contribution in [0.3, 0.4) is 0 Å². The highest BCUT2D eigenvalue weighted by molar-refractivity contribution is 6.26. The molecular formula is C51H33N5. The average molecular weight is 749 g/mol. The van der Waals surface area contributed by atoms with E-state index >= 15 is 0 Å². The summed E-state index contributed by atoms with van der Waals surface area (Å²) in [6.45, 7) is 0. The van der Waals surface area contributed by atoms with Crippen LogP contribution in [-0.4, -0.2) is 24.1 Å². The van der Waals surface area contributed by atoms with E-state index in [1.165, 1.54) is 0 Å². The van der Waals surface area contributed by atoms with Crippen molar-refractivity contribution in [2.24, 2.45) is 0 Å². The third kappa shape index (κ3) is 5.21. The molecule has 5 heteroatoms. The monoisotopic (exact) mass is 748 g/mol. The standard InChI is InChI=1S/C51H33N5/c1-4-14-34(15-5-1)36-24-26-39(27-25-36)50-52-49(38-18-8-3-9-19-38)53-51(54-50)56-44-22-12-10-20-41(44)42-32-33-46-47(48(42)56)43-21-11-13-23-45(43)55(46)40-30-28-37(29-31-40)35-16-6-2-7-17-35/h1-33H/i1D,2D,3D,4D,5D,6D,7D,8D,9D,10D,11D,12D,13D,14D,15D,16D,17D,18D,19D,20D,21D,22D,23D,24D,25D,26D,27D,28D,29D,30D,31D,32D,33D. The average Bonchev–Trinajstić information content (AvgIpc) is 1.52. The quantitative estimate of drug-likeness (QED) is 0.170. The van der Waals surface area contributed by atoms with Gasteiger partial charge in [-0.3, -0.25) is 4.57 Å². The van der Waals surface area contributed by atoms with Crippen molar-refractivity contribution in [3.8, 4) is 56.7 Å². The maximum Gasteiger partial charge on any atom is 0.238 e. The summed E-state index contributed by atoms with van der Waals surface area (Å²) in [4.78, 5) is 13.3. The molecule has 0 spiro atoms. The molecule has 0 saturated carbocycles. The van der Waals surface area contributed by atoms with E-state index in [9.17, 15) is 19.2 Å². The molecule has 0 aliphatic heterocycles. The second-order valence-electron chi connectivity index (χ2n) is 11.6.